The van der Waals surface area contributed by atoms with E-state index in [1.165, 1.54) is 6.07 Å². The van der Waals surface area contributed by atoms with Crippen molar-refractivity contribution in [3.63, 3.8) is 0 Å². The molecular formula is C25H23FN6O. The maximum atomic E-state index is 14.4. The number of anilines is 2. The van der Waals surface area contributed by atoms with Crippen LogP contribution in [0.5, 0.6) is 0 Å². The second-order valence-corrected chi connectivity index (χ2v) is 8.61. The number of pyridine rings is 3. The van der Waals surface area contributed by atoms with Crippen LogP contribution in [-0.2, 0) is 7.05 Å². The van der Waals surface area contributed by atoms with Gasteiger partial charge in [0, 0.05) is 49.9 Å². The van der Waals surface area contributed by atoms with Crippen LogP contribution in [-0.4, -0.2) is 39.7 Å². The molecule has 1 aromatic carbocycles. The SMILES string of the molecule is C[C@@H]1CN(c2cc(=O)n(C)c3ccc(C#N)nc23)[C@@H](C)CN1c1cc(F)cc2cccnc12. The van der Waals surface area contributed by atoms with Crippen molar-refractivity contribution in [2.45, 2.75) is 25.9 Å². The van der Waals surface area contributed by atoms with Crippen LogP contribution in [0.25, 0.3) is 21.9 Å². The number of halogens is 1. The molecule has 0 radical (unpaired) electrons. The van der Waals surface area contributed by atoms with Crippen LogP contribution in [0.1, 0.15) is 19.5 Å². The maximum Gasteiger partial charge on any atom is 0.252 e. The van der Waals surface area contributed by atoms with E-state index in [1.54, 1.807) is 48.1 Å². The minimum absolute atomic E-state index is 0.00563. The van der Waals surface area contributed by atoms with E-state index >= 15 is 0 Å². The Morgan fingerprint density at radius 2 is 1.73 bits per heavy atom. The van der Waals surface area contributed by atoms with E-state index in [0.717, 1.165) is 16.6 Å². The highest BCUT2D eigenvalue weighted by Crippen LogP contribution is 2.33. The summed E-state index contributed by atoms with van der Waals surface area (Å²) in [6.45, 7) is 5.37. The number of aryl methyl sites for hydroxylation is 1. The molecule has 1 saturated heterocycles. The number of hydrogen-bond donors (Lipinski definition) is 0. The average molecular weight is 442 g/mol. The van der Waals surface area contributed by atoms with E-state index in [4.69, 9.17) is 0 Å². The van der Waals surface area contributed by atoms with Crippen LogP contribution < -0.4 is 15.4 Å². The standard InChI is InChI=1S/C25H23FN6O/c1-15-14-32(22-11-23(33)30(3)20-7-6-19(12-27)29-25(20)22)16(2)13-31(15)21-10-18(26)9-17-5-4-8-28-24(17)21/h4-11,15-16H,13-14H2,1-3H3/t15-,16+/m1/s1. The molecule has 0 saturated carbocycles. The zero-order chi connectivity index (χ0) is 23.3. The molecular weight excluding hydrogens is 419 g/mol. The van der Waals surface area contributed by atoms with E-state index < -0.39 is 0 Å². The van der Waals surface area contributed by atoms with E-state index in [2.05, 4.69) is 39.7 Å². The van der Waals surface area contributed by atoms with E-state index in [9.17, 15) is 14.4 Å². The van der Waals surface area contributed by atoms with Gasteiger partial charge in [-0.3, -0.25) is 9.78 Å². The van der Waals surface area contributed by atoms with Gasteiger partial charge >= 0.3 is 0 Å². The van der Waals surface area contributed by atoms with Gasteiger partial charge in [0.15, 0.2) is 0 Å². The molecule has 1 aliphatic rings. The first kappa shape index (κ1) is 20.9. The molecule has 0 unspecified atom stereocenters. The van der Waals surface area contributed by atoms with Crippen molar-refractivity contribution in [3.05, 3.63) is 70.5 Å². The fourth-order valence-electron chi connectivity index (χ4n) is 4.75. The summed E-state index contributed by atoms with van der Waals surface area (Å²) in [4.78, 5) is 26.1. The molecule has 0 amide bonds. The van der Waals surface area contributed by atoms with Crippen LogP contribution >= 0.6 is 0 Å². The summed E-state index contributed by atoms with van der Waals surface area (Å²) in [6, 6.07) is 13.8. The number of aromatic nitrogens is 3. The van der Waals surface area contributed by atoms with Crippen LogP contribution in [0.15, 0.2) is 53.5 Å². The summed E-state index contributed by atoms with van der Waals surface area (Å²) in [5.74, 6) is -0.293. The zero-order valence-electron chi connectivity index (χ0n) is 18.7. The molecule has 0 spiro atoms. The van der Waals surface area contributed by atoms with Crippen molar-refractivity contribution in [2.24, 2.45) is 7.05 Å². The van der Waals surface area contributed by atoms with E-state index in [0.29, 0.717) is 35.5 Å². The van der Waals surface area contributed by atoms with E-state index in [-0.39, 0.29) is 23.5 Å². The van der Waals surface area contributed by atoms with Gasteiger partial charge in [0.2, 0.25) is 0 Å². The molecule has 0 N–H and O–H groups in total. The quantitative estimate of drug-likeness (QED) is 0.472. The number of nitrogens with zero attached hydrogens (tertiary/aromatic N) is 6. The summed E-state index contributed by atoms with van der Waals surface area (Å²) < 4.78 is 16.0. The van der Waals surface area contributed by atoms with Crippen LogP contribution in [0.3, 0.4) is 0 Å². The first-order valence-electron chi connectivity index (χ1n) is 10.9. The van der Waals surface area contributed by atoms with Gasteiger partial charge < -0.3 is 14.4 Å². The Balaban J connectivity index is 1.58. The Morgan fingerprint density at radius 3 is 2.42 bits per heavy atom. The van der Waals surface area contributed by atoms with Crippen molar-refractivity contribution in [3.8, 4) is 6.07 Å². The molecule has 0 bridgehead atoms. The molecule has 1 fully saturated rings. The third-order valence-electron chi connectivity index (χ3n) is 6.44. The van der Waals surface area contributed by atoms with Gasteiger partial charge in [0.25, 0.3) is 5.56 Å². The van der Waals surface area contributed by atoms with Gasteiger partial charge in [0.05, 0.1) is 22.4 Å². The second-order valence-electron chi connectivity index (χ2n) is 8.61. The first-order chi connectivity index (χ1) is 15.9. The molecule has 8 heteroatoms. The Bertz CT molecular complexity index is 1490. The molecule has 1 aliphatic heterocycles. The summed E-state index contributed by atoms with van der Waals surface area (Å²) in [5.41, 5.74) is 3.73. The summed E-state index contributed by atoms with van der Waals surface area (Å²) in [6.07, 6.45) is 1.72. The fourth-order valence-corrected chi connectivity index (χ4v) is 4.75. The Kier molecular flexibility index (Phi) is 4.97. The lowest BCUT2D eigenvalue weighted by Crippen LogP contribution is -2.57. The van der Waals surface area contributed by atoms with Crippen molar-refractivity contribution in [2.75, 3.05) is 22.9 Å². The number of fused-ring (bicyclic) bond motifs is 2. The van der Waals surface area contributed by atoms with Gasteiger partial charge in [0.1, 0.15) is 23.1 Å². The minimum Gasteiger partial charge on any atom is -0.363 e. The lowest BCUT2D eigenvalue weighted by atomic mass is 10.0. The highest BCUT2D eigenvalue weighted by atomic mass is 19.1. The number of benzene rings is 1. The zero-order valence-corrected chi connectivity index (χ0v) is 18.7. The smallest absolute Gasteiger partial charge is 0.252 e. The van der Waals surface area contributed by atoms with Gasteiger partial charge in [-0.25, -0.2) is 9.37 Å². The molecule has 5 rings (SSSR count). The number of rotatable bonds is 2. The summed E-state index contributed by atoms with van der Waals surface area (Å²) in [5, 5.41) is 10.1. The largest absolute Gasteiger partial charge is 0.363 e. The third-order valence-corrected chi connectivity index (χ3v) is 6.44. The van der Waals surface area contributed by atoms with Crippen molar-refractivity contribution >= 4 is 33.3 Å². The highest BCUT2D eigenvalue weighted by Gasteiger charge is 2.32. The Morgan fingerprint density at radius 1 is 1.03 bits per heavy atom. The number of piperazine rings is 1. The molecule has 4 aromatic rings. The molecule has 2 atom stereocenters. The number of nitriles is 1. The van der Waals surface area contributed by atoms with E-state index in [1.807, 2.05) is 6.07 Å². The Hall–Kier alpha value is -3.99. The van der Waals surface area contributed by atoms with Crippen LogP contribution in [0, 0.1) is 17.1 Å². The molecule has 7 nitrogen and oxygen atoms in total. The predicted molar refractivity (Wildman–Crippen MR) is 127 cm³/mol. The van der Waals surface area contributed by atoms with Gasteiger partial charge in [-0.2, -0.15) is 5.26 Å². The molecule has 0 aliphatic carbocycles. The second kappa shape index (κ2) is 7.85. The topological polar surface area (TPSA) is 78.0 Å². The maximum absolute atomic E-state index is 14.4. The van der Waals surface area contributed by atoms with Gasteiger partial charge in [-0.05, 0) is 44.2 Å². The van der Waals surface area contributed by atoms with Crippen LogP contribution in [0.4, 0.5) is 15.8 Å². The summed E-state index contributed by atoms with van der Waals surface area (Å²) in [7, 11) is 1.70. The predicted octanol–water partition coefficient (Wildman–Crippen LogP) is 3.60. The normalized spacial score (nSPS) is 18.6. The highest BCUT2D eigenvalue weighted by molar-refractivity contribution is 5.92. The lowest BCUT2D eigenvalue weighted by molar-refractivity contribution is 0.481. The van der Waals surface area contributed by atoms with Crippen molar-refractivity contribution in [1.29, 1.82) is 5.26 Å². The molecule has 166 valence electrons. The third kappa shape index (κ3) is 3.46. The first-order valence-corrected chi connectivity index (χ1v) is 10.9. The summed E-state index contributed by atoms with van der Waals surface area (Å²) >= 11 is 0. The van der Waals surface area contributed by atoms with Crippen molar-refractivity contribution in [1.82, 2.24) is 14.5 Å². The number of hydrogen-bond acceptors (Lipinski definition) is 6. The Labute approximate surface area is 190 Å². The van der Waals surface area contributed by atoms with Gasteiger partial charge in [-0.15, -0.1) is 0 Å². The fraction of sp³-hybridized carbons (Fsp3) is 0.280. The lowest BCUT2D eigenvalue weighted by Gasteiger charge is -2.46. The minimum atomic E-state index is -0.293. The van der Waals surface area contributed by atoms with Gasteiger partial charge in [-0.1, -0.05) is 6.07 Å². The monoisotopic (exact) mass is 442 g/mol. The molecule has 4 heterocycles. The molecule has 33 heavy (non-hydrogen) atoms. The average Bonchev–Trinajstić information content (AvgIpc) is 2.81. The van der Waals surface area contributed by atoms with Crippen molar-refractivity contribution < 1.29 is 4.39 Å². The molecule has 3 aromatic heterocycles. The van der Waals surface area contributed by atoms with Crippen LogP contribution in [0.2, 0.25) is 0 Å².